The van der Waals surface area contributed by atoms with Crippen LogP contribution in [0.5, 0.6) is 11.5 Å². The van der Waals surface area contributed by atoms with Gasteiger partial charge in [-0.25, -0.2) is 4.79 Å². The molecule has 0 spiro atoms. The van der Waals surface area contributed by atoms with Crippen LogP contribution in [-0.4, -0.2) is 46.2 Å². The average molecular weight is 335 g/mol. The van der Waals surface area contributed by atoms with Crippen LogP contribution in [0.4, 0.5) is 0 Å². The fourth-order valence-corrected chi connectivity index (χ4v) is 2.30. The average Bonchev–Trinajstić information content (AvgIpc) is 2.66. The maximum absolute atomic E-state index is 11.1. The Morgan fingerprint density at radius 2 is 1.71 bits per heavy atom. The molecule has 0 unspecified atom stereocenters. The van der Waals surface area contributed by atoms with E-state index in [2.05, 4.69) is 0 Å². The Balaban J connectivity index is 2.42. The summed E-state index contributed by atoms with van der Waals surface area (Å²) in [5.74, 6) is -2.07. The number of benzene rings is 1. The van der Waals surface area contributed by atoms with E-state index in [1.54, 1.807) is 0 Å². The first-order valence-electron chi connectivity index (χ1n) is 7.54. The number of hydrogen-bond donors (Lipinski definition) is 4. The number of hydrogen-bond acceptors (Lipinski definition) is 6. The van der Waals surface area contributed by atoms with Crippen LogP contribution >= 0.6 is 0 Å². The van der Waals surface area contributed by atoms with Gasteiger partial charge in [0.05, 0.1) is 11.2 Å². The van der Waals surface area contributed by atoms with Crippen LogP contribution in [-0.2, 0) is 9.31 Å². The van der Waals surface area contributed by atoms with Crippen LogP contribution in [0.2, 0.25) is 0 Å². The zero-order chi connectivity index (χ0) is 18.3. The van der Waals surface area contributed by atoms with E-state index in [1.165, 1.54) is 12.1 Å². The minimum absolute atomic E-state index is 0.0968. The topological polar surface area (TPSA) is 122 Å². The second kappa shape index (κ2) is 6.12. The summed E-state index contributed by atoms with van der Waals surface area (Å²) in [4.78, 5) is 11.1. The maximum atomic E-state index is 11.1. The molecule has 24 heavy (non-hydrogen) atoms. The highest BCUT2D eigenvalue weighted by atomic mass is 16.7. The number of carbonyl (C=O) groups is 1. The minimum atomic E-state index is -1.30. The van der Waals surface area contributed by atoms with Crippen LogP contribution < -0.4 is 5.73 Å². The molecule has 2 rings (SSSR count). The van der Waals surface area contributed by atoms with Gasteiger partial charge in [-0.1, -0.05) is 6.08 Å². The first kappa shape index (κ1) is 18.3. The Hall–Kier alpha value is -2.03. The Bertz CT molecular complexity index is 682. The molecule has 0 atom stereocenters. The molecule has 130 valence electrons. The first-order valence-corrected chi connectivity index (χ1v) is 7.54. The van der Waals surface area contributed by atoms with Gasteiger partial charge in [0, 0.05) is 18.2 Å². The summed E-state index contributed by atoms with van der Waals surface area (Å²) >= 11 is 0. The number of aromatic carboxylic acids is 1. The molecule has 0 bridgehead atoms. The first-order chi connectivity index (χ1) is 11.0. The van der Waals surface area contributed by atoms with Crippen molar-refractivity contribution in [3.63, 3.8) is 0 Å². The van der Waals surface area contributed by atoms with Gasteiger partial charge in [-0.3, -0.25) is 0 Å². The molecule has 7 nitrogen and oxygen atoms in total. The number of phenols is 2. The maximum Gasteiger partial charge on any atom is 0.491 e. The third kappa shape index (κ3) is 3.26. The van der Waals surface area contributed by atoms with E-state index in [0.717, 1.165) is 6.07 Å². The van der Waals surface area contributed by atoms with Gasteiger partial charge in [-0.2, -0.15) is 0 Å². The van der Waals surface area contributed by atoms with Crippen molar-refractivity contribution in [1.29, 1.82) is 0 Å². The molecule has 0 aromatic heterocycles. The highest BCUT2D eigenvalue weighted by molar-refractivity contribution is 6.56. The van der Waals surface area contributed by atoms with Crippen molar-refractivity contribution in [2.75, 3.05) is 6.54 Å². The largest absolute Gasteiger partial charge is 0.507 e. The van der Waals surface area contributed by atoms with Gasteiger partial charge in [0.15, 0.2) is 0 Å². The highest BCUT2D eigenvalue weighted by Gasteiger charge is 2.52. The van der Waals surface area contributed by atoms with Crippen molar-refractivity contribution in [1.82, 2.24) is 0 Å². The molecule has 5 N–H and O–H groups in total. The highest BCUT2D eigenvalue weighted by Crippen LogP contribution is 2.39. The normalized spacial score (nSPS) is 19.5. The molecule has 1 heterocycles. The van der Waals surface area contributed by atoms with E-state index >= 15 is 0 Å². The molecule has 8 heteroatoms. The van der Waals surface area contributed by atoms with Crippen LogP contribution in [0.1, 0.15) is 43.6 Å². The summed E-state index contributed by atoms with van der Waals surface area (Å²) in [5, 5.41) is 28.6. The van der Waals surface area contributed by atoms with E-state index in [4.69, 9.17) is 20.1 Å². The van der Waals surface area contributed by atoms with Crippen LogP contribution in [0, 0.1) is 0 Å². The lowest BCUT2D eigenvalue weighted by atomic mass is 9.77. The summed E-state index contributed by atoms with van der Waals surface area (Å²) in [5.41, 5.74) is 5.13. The standard InChI is InChI=1S/C16H22BNO6/c1-15(2)16(3,4)24-17(23-15)10(8-18)5-9-6-11(14(21)22)13(20)7-12(9)19/h5-7,19-20H,8,18H2,1-4H3,(H,21,22). The number of aromatic hydroxyl groups is 2. The lowest BCUT2D eigenvalue weighted by Crippen LogP contribution is -2.41. The zero-order valence-electron chi connectivity index (χ0n) is 14.2. The molecule has 0 amide bonds. The zero-order valence-corrected chi connectivity index (χ0v) is 14.2. The summed E-state index contributed by atoms with van der Waals surface area (Å²) in [6.07, 6.45) is 1.52. The monoisotopic (exact) mass is 335 g/mol. The number of nitrogens with two attached hydrogens (primary N) is 1. The van der Waals surface area contributed by atoms with E-state index in [1.807, 2.05) is 27.7 Å². The lowest BCUT2D eigenvalue weighted by Gasteiger charge is -2.32. The molecule has 1 aromatic rings. The summed E-state index contributed by atoms with van der Waals surface area (Å²) < 4.78 is 11.8. The van der Waals surface area contributed by atoms with Crippen molar-refractivity contribution in [3.05, 3.63) is 28.7 Å². The quantitative estimate of drug-likeness (QED) is 0.619. The number of rotatable bonds is 4. The molecule has 1 aliphatic rings. The Labute approximate surface area is 140 Å². The minimum Gasteiger partial charge on any atom is -0.507 e. The second-order valence-corrected chi connectivity index (χ2v) is 6.74. The van der Waals surface area contributed by atoms with Crippen molar-refractivity contribution in [2.45, 2.75) is 38.9 Å². The third-order valence-electron chi connectivity index (χ3n) is 4.51. The molecule has 0 saturated carbocycles. The Morgan fingerprint density at radius 1 is 1.17 bits per heavy atom. The fraction of sp³-hybridized carbons (Fsp3) is 0.438. The number of carboxylic acids is 1. The Morgan fingerprint density at radius 3 is 2.17 bits per heavy atom. The molecular formula is C16H22BNO6. The summed E-state index contributed by atoms with van der Waals surface area (Å²) in [6.45, 7) is 7.71. The van der Waals surface area contributed by atoms with Crippen molar-refractivity contribution in [3.8, 4) is 11.5 Å². The molecule has 0 radical (unpaired) electrons. The van der Waals surface area contributed by atoms with E-state index in [0.29, 0.717) is 5.47 Å². The predicted octanol–water partition coefficient (Wildman–Crippen LogP) is 1.77. The molecule has 0 aliphatic carbocycles. The van der Waals surface area contributed by atoms with Crippen LogP contribution in [0.15, 0.2) is 17.6 Å². The lowest BCUT2D eigenvalue weighted by molar-refractivity contribution is 0.00578. The van der Waals surface area contributed by atoms with Gasteiger partial charge in [-0.05, 0) is 39.2 Å². The Kier molecular flexibility index (Phi) is 4.67. The van der Waals surface area contributed by atoms with Crippen molar-refractivity contribution < 1.29 is 29.4 Å². The molecule has 1 fully saturated rings. The van der Waals surface area contributed by atoms with Gasteiger partial charge in [-0.15, -0.1) is 0 Å². The van der Waals surface area contributed by atoms with Crippen molar-refractivity contribution in [2.24, 2.45) is 5.73 Å². The van der Waals surface area contributed by atoms with Crippen LogP contribution in [0.25, 0.3) is 6.08 Å². The fourth-order valence-electron chi connectivity index (χ4n) is 2.30. The molecule has 1 saturated heterocycles. The van der Waals surface area contributed by atoms with Gasteiger partial charge in [0.25, 0.3) is 0 Å². The summed E-state index contributed by atoms with van der Waals surface area (Å²) in [6, 6.07) is 2.15. The molecule has 1 aliphatic heterocycles. The van der Waals surface area contributed by atoms with Crippen molar-refractivity contribution >= 4 is 19.2 Å². The van der Waals surface area contributed by atoms with E-state index in [9.17, 15) is 15.0 Å². The van der Waals surface area contributed by atoms with E-state index in [-0.39, 0.29) is 23.4 Å². The van der Waals surface area contributed by atoms with Gasteiger partial charge >= 0.3 is 13.1 Å². The predicted molar refractivity (Wildman–Crippen MR) is 89.8 cm³/mol. The van der Waals surface area contributed by atoms with Gasteiger partial charge in [0.2, 0.25) is 0 Å². The molecule has 1 aromatic carbocycles. The SMILES string of the molecule is CC1(C)OB(C(=Cc2cc(C(=O)O)c(O)cc2O)CN)OC1(C)C. The second-order valence-electron chi connectivity index (χ2n) is 6.74. The smallest absolute Gasteiger partial charge is 0.491 e. The van der Waals surface area contributed by atoms with E-state index < -0.39 is 30.0 Å². The van der Waals surface area contributed by atoms with Gasteiger partial charge in [0.1, 0.15) is 17.1 Å². The van der Waals surface area contributed by atoms with Gasteiger partial charge < -0.3 is 30.4 Å². The number of phenolic OH excluding ortho intramolecular Hbond substituents is 1. The molecular weight excluding hydrogens is 313 g/mol. The third-order valence-corrected chi connectivity index (χ3v) is 4.51. The van der Waals surface area contributed by atoms with Crippen LogP contribution in [0.3, 0.4) is 0 Å². The number of carboxylic acid groups (broad SMARTS) is 1. The summed E-state index contributed by atoms with van der Waals surface area (Å²) in [7, 11) is -0.707.